The Bertz CT molecular complexity index is 1100. The molecule has 0 saturated carbocycles. The maximum atomic E-state index is 12.5. The van der Waals surface area contributed by atoms with Gasteiger partial charge in [0, 0.05) is 16.0 Å². The van der Waals surface area contributed by atoms with E-state index in [9.17, 15) is 13.2 Å². The number of ether oxygens (including phenoxy) is 1. The molecule has 2 N–H and O–H groups in total. The molecule has 10 heteroatoms. The predicted molar refractivity (Wildman–Crippen MR) is 116 cm³/mol. The van der Waals surface area contributed by atoms with Crippen LogP contribution in [0.5, 0.6) is 5.75 Å². The maximum Gasteiger partial charge on any atom is 0.263 e. The van der Waals surface area contributed by atoms with Gasteiger partial charge in [-0.1, -0.05) is 6.07 Å². The van der Waals surface area contributed by atoms with E-state index in [4.69, 9.17) is 4.74 Å². The molecule has 0 radical (unpaired) electrons. The van der Waals surface area contributed by atoms with E-state index in [-0.39, 0.29) is 22.4 Å². The minimum Gasteiger partial charge on any atom is -0.497 e. The molecule has 1 aromatic heterocycles. The van der Waals surface area contributed by atoms with Gasteiger partial charge in [-0.25, -0.2) is 13.4 Å². The molecule has 1 heterocycles. The van der Waals surface area contributed by atoms with Crippen molar-refractivity contribution >= 4 is 49.8 Å². The summed E-state index contributed by atoms with van der Waals surface area (Å²) in [6.45, 7) is 0. The number of rotatable bonds is 8. The molecule has 2 aromatic carbocycles. The first-order chi connectivity index (χ1) is 13.9. The standard InChI is InChI=1S/C19H19N3O4S3/c1-26-15-6-8-17(9-7-15)29(24,25)22-19-21-14(12-28-19)11-18(23)20-13-4-3-5-16(10-13)27-2/h3-10,12H,11H2,1-2H3,(H,20,23)(H,21,22). The fraction of sp³-hybridized carbons (Fsp3) is 0.158. The highest BCUT2D eigenvalue weighted by atomic mass is 32.2. The lowest BCUT2D eigenvalue weighted by Gasteiger charge is -2.06. The highest BCUT2D eigenvalue weighted by molar-refractivity contribution is 7.98. The number of benzene rings is 2. The van der Waals surface area contributed by atoms with E-state index in [1.54, 1.807) is 29.3 Å². The summed E-state index contributed by atoms with van der Waals surface area (Å²) in [4.78, 5) is 17.6. The number of nitrogens with one attached hydrogen (secondary N) is 2. The van der Waals surface area contributed by atoms with Crippen LogP contribution in [0.3, 0.4) is 0 Å². The number of methoxy groups -OCH3 is 1. The van der Waals surface area contributed by atoms with Gasteiger partial charge in [0.25, 0.3) is 10.0 Å². The van der Waals surface area contributed by atoms with Crippen molar-refractivity contribution in [2.75, 3.05) is 23.4 Å². The summed E-state index contributed by atoms with van der Waals surface area (Å²) < 4.78 is 32.4. The van der Waals surface area contributed by atoms with Crippen LogP contribution in [0.4, 0.5) is 10.8 Å². The monoisotopic (exact) mass is 449 g/mol. The fourth-order valence-electron chi connectivity index (χ4n) is 2.43. The van der Waals surface area contributed by atoms with Gasteiger partial charge in [-0.2, -0.15) is 0 Å². The summed E-state index contributed by atoms with van der Waals surface area (Å²) in [6, 6.07) is 13.6. The van der Waals surface area contributed by atoms with Crippen LogP contribution < -0.4 is 14.8 Å². The molecule has 7 nitrogen and oxygen atoms in total. The zero-order valence-corrected chi connectivity index (χ0v) is 18.2. The molecular formula is C19H19N3O4S3. The van der Waals surface area contributed by atoms with Crippen LogP contribution in [0.2, 0.25) is 0 Å². The number of thioether (sulfide) groups is 1. The lowest BCUT2D eigenvalue weighted by Crippen LogP contribution is -2.15. The van der Waals surface area contributed by atoms with E-state index in [2.05, 4.69) is 15.0 Å². The second-order valence-electron chi connectivity index (χ2n) is 5.88. The van der Waals surface area contributed by atoms with Crippen molar-refractivity contribution in [1.29, 1.82) is 0 Å². The van der Waals surface area contributed by atoms with Crippen LogP contribution in [-0.2, 0) is 21.2 Å². The van der Waals surface area contributed by atoms with Crippen LogP contribution in [0.25, 0.3) is 0 Å². The third-order valence-electron chi connectivity index (χ3n) is 3.84. The van der Waals surface area contributed by atoms with Crippen LogP contribution in [-0.4, -0.2) is 32.7 Å². The smallest absolute Gasteiger partial charge is 0.263 e. The summed E-state index contributed by atoms with van der Waals surface area (Å²) in [6.07, 6.45) is 2.01. The molecule has 0 unspecified atom stereocenters. The van der Waals surface area contributed by atoms with Gasteiger partial charge in [-0.3, -0.25) is 9.52 Å². The Morgan fingerprint density at radius 3 is 2.66 bits per heavy atom. The lowest BCUT2D eigenvalue weighted by atomic mass is 10.3. The lowest BCUT2D eigenvalue weighted by molar-refractivity contribution is -0.115. The molecule has 152 valence electrons. The van der Waals surface area contributed by atoms with Gasteiger partial charge in [-0.15, -0.1) is 23.1 Å². The molecule has 0 saturated heterocycles. The second-order valence-corrected chi connectivity index (χ2v) is 9.30. The Morgan fingerprint density at radius 2 is 1.97 bits per heavy atom. The van der Waals surface area contributed by atoms with Crippen molar-refractivity contribution in [3.8, 4) is 5.75 Å². The molecule has 0 atom stereocenters. The topological polar surface area (TPSA) is 97.4 Å². The van der Waals surface area contributed by atoms with Gasteiger partial charge in [0.2, 0.25) is 5.91 Å². The minimum atomic E-state index is -3.77. The van der Waals surface area contributed by atoms with Crippen molar-refractivity contribution in [2.24, 2.45) is 0 Å². The molecular weight excluding hydrogens is 430 g/mol. The number of nitrogens with zero attached hydrogens (tertiary/aromatic N) is 1. The van der Waals surface area contributed by atoms with Crippen molar-refractivity contribution in [3.63, 3.8) is 0 Å². The van der Waals surface area contributed by atoms with Crippen LogP contribution >= 0.6 is 23.1 Å². The highest BCUT2D eigenvalue weighted by Gasteiger charge is 2.17. The average molecular weight is 450 g/mol. The third-order valence-corrected chi connectivity index (χ3v) is 6.85. The Morgan fingerprint density at radius 1 is 1.21 bits per heavy atom. The van der Waals surface area contributed by atoms with E-state index >= 15 is 0 Å². The van der Waals surface area contributed by atoms with Crippen molar-refractivity contribution in [2.45, 2.75) is 16.2 Å². The Hall–Kier alpha value is -2.56. The molecule has 0 spiro atoms. The zero-order valence-electron chi connectivity index (χ0n) is 15.7. The molecule has 0 bridgehead atoms. The van der Waals surface area contributed by atoms with Gasteiger partial charge in [0.15, 0.2) is 5.13 Å². The average Bonchev–Trinajstić information content (AvgIpc) is 3.13. The predicted octanol–water partition coefficient (Wildman–Crippen LogP) is 3.86. The molecule has 0 aliphatic rings. The molecule has 0 aliphatic heterocycles. The molecule has 3 aromatic rings. The summed E-state index contributed by atoms with van der Waals surface area (Å²) >= 11 is 2.71. The first-order valence-electron chi connectivity index (χ1n) is 8.45. The summed E-state index contributed by atoms with van der Waals surface area (Å²) in [7, 11) is -2.26. The molecule has 3 rings (SSSR count). The van der Waals surface area contributed by atoms with Crippen LogP contribution in [0.1, 0.15) is 5.69 Å². The van der Waals surface area contributed by atoms with Crippen LogP contribution in [0, 0.1) is 0 Å². The minimum absolute atomic E-state index is 0.0459. The SMILES string of the molecule is COc1ccc(S(=O)(=O)Nc2nc(CC(=O)Nc3cccc(SC)c3)cs2)cc1. The largest absolute Gasteiger partial charge is 0.497 e. The summed E-state index contributed by atoms with van der Waals surface area (Å²) in [5.41, 5.74) is 1.19. The third kappa shape index (κ3) is 5.72. The number of sulfonamides is 1. The van der Waals surface area contributed by atoms with Gasteiger partial charge in [0.05, 0.1) is 24.1 Å². The van der Waals surface area contributed by atoms with E-state index < -0.39 is 10.0 Å². The zero-order chi connectivity index (χ0) is 20.9. The molecule has 29 heavy (non-hydrogen) atoms. The first-order valence-corrected chi connectivity index (χ1v) is 12.0. The number of hydrogen-bond donors (Lipinski definition) is 2. The fourth-order valence-corrected chi connectivity index (χ4v) is 4.86. The molecule has 0 aliphatic carbocycles. The summed E-state index contributed by atoms with van der Waals surface area (Å²) in [5.74, 6) is 0.340. The summed E-state index contributed by atoms with van der Waals surface area (Å²) in [5, 5.41) is 4.68. The van der Waals surface area contributed by atoms with Gasteiger partial charge >= 0.3 is 0 Å². The first kappa shape index (κ1) is 21.2. The second kappa shape index (κ2) is 9.29. The van der Waals surface area contributed by atoms with E-state index in [0.29, 0.717) is 17.1 Å². The van der Waals surface area contributed by atoms with Gasteiger partial charge in [0.1, 0.15) is 5.75 Å². The van der Waals surface area contributed by atoms with Crippen molar-refractivity contribution in [3.05, 3.63) is 59.6 Å². The van der Waals surface area contributed by atoms with Crippen molar-refractivity contribution < 1.29 is 17.9 Å². The van der Waals surface area contributed by atoms with Crippen molar-refractivity contribution in [1.82, 2.24) is 4.98 Å². The Balaban J connectivity index is 1.63. The number of carbonyl (C=O) groups is 1. The Kier molecular flexibility index (Phi) is 6.78. The van der Waals surface area contributed by atoms with E-state index in [1.165, 1.54) is 19.2 Å². The maximum absolute atomic E-state index is 12.5. The number of aromatic nitrogens is 1. The number of hydrogen-bond acceptors (Lipinski definition) is 7. The Labute approximate surface area is 177 Å². The van der Waals surface area contributed by atoms with Crippen LogP contribution in [0.15, 0.2) is 63.7 Å². The molecule has 0 fully saturated rings. The highest BCUT2D eigenvalue weighted by Crippen LogP contribution is 2.23. The number of thiazole rings is 1. The number of amides is 1. The number of carbonyl (C=O) groups excluding carboxylic acids is 1. The number of anilines is 2. The normalized spacial score (nSPS) is 11.1. The molecule has 1 amide bonds. The van der Waals surface area contributed by atoms with E-state index in [0.717, 1.165) is 16.2 Å². The van der Waals surface area contributed by atoms with E-state index in [1.807, 2.05) is 30.5 Å². The quantitative estimate of drug-likeness (QED) is 0.507. The van der Waals surface area contributed by atoms with Gasteiger partial charge < -0.3 is 10.1 Å². The van der Waals surface area contributed by atoms with Gasteiger partial charge in [-0.05, 0) is 48.7 Å².